The minimum Gasteiger partial charge on any atom is -0.497 e. The minimum absolute atomic E-state index is 0.0133. The molecular formula is C22H29NO2. The molecule has 0 aliphatic heterocycles. The van der Waals surface area contributed by atoms with Crippen LogP contribution in [0.1, 0.15) is 56.3 Å². The standard InChI is InChI=1S/C22H29NO2/c1-15(2)18-9-11-19(12-10-18)22(16(3)4)23-21(24)14-17-7-6-8-20(13-17)25-5/h6-13,15-16,22H,14H2,1-5H3,(H,23,24). The Hall–Kier alpha value is -2.29. The highest BCUT2D eigenvalue weighted by Crippen LogP contribution is 2.24. The van der Waals surface area contributed by atoms with Gasteiger partial charge in [-0.2, -0.15) is 0 Å². The SMILES string of the molecule is COc1cccc(CC(=O)NC(c2ccc(C(C)C)cc2)C(C)C)c1. The number of amides is 1. The van der Waals surface area contributed by atoms with Gasteiger partial charge < -0.3 is 10.1 Å². The lowest BCUT2D eigenvalue weighted by molar-refractivity contribution is -0.121. The predicted molar refractivity (Wildman–Crippen MR) is 103 cm³/mol. The second-order valence-corrected chi connectivity index (χ2v) is 7.14. The number of nitrogens with one attached hydrogen (secondary N) is 1. The second-order valence-electron chi connectivity index (χ2n) is 7.14. The number of methoxy groups -OCH3 is 1. The van der Waals surface area contributed by atoms with Gasteiger partial charge >= 0.3 is 0 Å². The van der Waals surface area contributed by atoms with Crippen LogP contribution in [0.2, 0.25) is 0 Å². The molecule has 1 unspecified atom stereocenters. The monoisotopic (exact) mass is 339 g/mol. The lowest BCUT2D eigenvalue weighted by Gasteiger charge is -2.23. The summed E-state index contributed by atoms with van der Waals surface area (Å²) >= 11 is 0. The number of carbonyl (C=O) groups excluding carboxylic acids is 1. The van der Waals surface area contributed by atoms with E-state index in [1.807, 2.05) is 24.3 Å². The summed E-state index contributed by atoms with van der Waals surface area (Å²) in [5, 5.41) is 3.19. The van der Waals surface area contributed by atoms with Crippen molar-refractivity contribution < 1.29 is 9.53 Å². The summed E-state index contributed by atoms with van der Waals surface area (Å²) in [6.07, 6.45) is 0.352. The molecule has 2 rings (SSSR count). The molecule has 134 valence electrons. The zero-order valence-corrected chi connectivity index (χ0v) is 15.9. The fourth-order valence-corrected chi connectivity index (χ4v) is 2.92. The summed E-state index contributed by atoms with van der Waals surface area (Å²) in [4.78, 5) is 12.5. The first kappa shape index (κ1) is 19.0. The van der Waals surface area contributed by atoms with Crippen molar-refractivity contribution in [1.82, 2.24) is 5.32 Å². The van der Waals surface area contributed by atoms with Crippen molar-refractivity contribution in [3.63, 3.8) is 0 Å². The van der Waals surface area contributed by atoms with Crippen LogP contribution in [0, 0.1) is 5.92 Å². The third kappa shape index (κ3) is 5.35. The van der Waals surface area contributed by atoms with Crippen LogP contribution in [-0.4, -0.2) is 13.0 Å². The van der Waals surface area contributed by atoms with Crippen LogP contribution in [0.4, 0.5) is 0 Å². The highest BCUT2D eigenvalue weighted by atomic mass is 16.5. The molecule has 0 radical (unpaired) electrons. The molecule has 0 bridgehead atoms. The largest absolute Gasteiger partial charge is 0.497 e. The zero-order valence-electron chi connectivity index (χ0n) is 15.9. The number of benzene rings is 2. The van der Waals surface area contributed by atoms with Crippen LogP contribution >= 0.6 is 0 Å². The smallest absolute Gasteiger partial charge is 0.224 e. The molecule has 1 amide bonds. The van der Waals surface area contributed by atoms with Gasteiger partial charge in [-0.25, -0.2) is 0 Å². The summed E-state index contributed by atoms with van der Waals surface area (Å²) in [6.45, 7) is 8.63. The van der Waals surface area contributed by atoms with Gasteiger partial charge in [0.2, 0.25) is 5.91 Å². The summed E-state index contributed by atoms with van der Waals surface area (Å²) in [5.74, 6) is 1.63. The lowest BCUT2D eigenvalue weighted by atomic mass is 9.93. The van der Waals surface area contributed by atoms with Gasteiger partial charge in [-0.1, -0.05) is 64.1 Å². The molecule has 1 N–H and O–H groups in total. The fourth-order valence-electron chi connectivity index (χ4n) is 2.92. The van der Waals surface area contributed by atoms with Gasteiger partial charge in [0.15, 0.2) is 0 Å². The van der Waals surface area contributed by atoms with Crippen LogP contribution in [0.3, 0.4) is 0 Å². The summed E-state index contributed by atoms with van der Waals surface area (Å²) in [7, 11) is 1.63. The maximum atomic E-state index is 12.5. The van der Waals surface area contributed by atoms with E-state index in [0.717, 1.165) is 16.9 Å². The first-order chi connectivity index (χ1) is 11.9. The van der Waals surface area contributed by atoms with Crippen molar-refractivity contribution in [2.24, 2.45) is 5.92 Å². The molecule has 2 aromatic rings. The Morgan fingerprint density at radius 3 is 2.20 bits per heavy atom. The van der Waals surface area contributed by atoms with Gasteiger partial charge in [-0.15, -0.1) is 0 Å². The Balaban J connectivity index is 2.08. The van der Waals surface area contributed by atoms with Crippen molar-refractivity contribution in [3.8, 4) is 5.75 Å². The van der Waals surface area contributed by atoms with Gasteiger partial charge in [0, 0.05) is 0 Å². The number of hydrogen-bond acceptors (Lipinski definition) is 2. The molecule has 0 saturated carbocycles. The molecule has 2 aromatic carbocycles. The van der Waals surface area contributed by atoms with E-state index in [0.29, 0.717) is 18.3 Å². The van der Waals surface area contributed by atoms with Crippen molar-refractivity contribution in [1.29, 1.82) is 0 Å². The van der Waals surface area contributed by atoms with Gasteiger partial charge in [-0.3, -0.25) is 4.79 Å². The molecule has 3 nitrogen and oxygen atoms in total. The Morgan fingerprint density at radius 2 is 1.64 bits per heavy atom. The van der Waals surface area contributed by atoms with E-state index in [1.165, 1.54) is 5.56 Å². The number of rotatable bonds is 7. The molecule has 1 atom stereocenters. The Kier molecular flexibility index (Phi) is 6.63. The van der Waals surface area contributed by atoms with Crippen molar-refractivity contribution in [2.75, 3.05) is 7.11 Å². The number of ether oxygens (including phenoxy) is 1. The highest BCUT2D eigenvalue weighted by molar-refractivity contribution is 5.79. The predicted octanol–water partition coefficient (Wildman–Crippen LogP) is 4.87. The third-order valence-corrected chi connectivity index (χ3v) is 4.44. The van der Waals surface area contributed by atoms with Crippen LogP contribution < -0.4 is 10.1 Å². The summed E-state index contributed by atoms with van der Waals surface area (Å²) in [6, 6.07) is 16.2. The maximum Gasteiger partial charge on any atom is 0.224 e. The zero-order chi connectivity index (χ0) is 18.4. The quantitative estimate of drug-likeness (QED) is 0.781. The molecule has 0 aliphatic carbocycles. The van der Waals surface area contributed by atoms with Crippen LogP contribution in [0.5, 0.6) is 5.75 Å². The molecule has 0 heterocycles. The first-order valence-electron chi connectivity index (χ1n) is 8.93. The average Bonchev–Trinajstić information content (AvgIpc) is 2.59. The van der Waals surface area contributed by atoms with Crippen LogP contribution in [0.25, 0.3) is 0 Å². The molecular weight excluding hydrogens is 310 g/mol. The first-order valence-corrected chi connectivity index (χ1v) is 8.93. The van der Waals surface area contributed by atoms with Crippen molar-refractivity contribution >= 4 is 5.91 Å². The minimum atomic E-state index is 0.0133. The molecule has 0 aromatic heterocycles. The lowest BCUT2D eigenvalue weighted by Crippen LogP contribution is -2.32. The molecule has 0 spiro atoms. The Morgan fingerprint density at radius 1 is 1.00 bits per heavy atom. The third-order valence-electron chi connectivity index (χ3n) is 4.44. The van der Waals surface area contributed by atoms with E-state index in [1.54, 1.807) is 7.11 Å². The Bertz CT molecular complexity index is 689. The van der Waals surface area contributed by atoms with Crippen LogP contribution in [0.15, 0.2) is 48.5 Å². The highest BCUT2D eigenvalue weighted by Gasteiger charge is 2.18. The fraction of sp³-hybridized carbons (Fsp3) is 0.409. The van der Waals surface area contributed by atoms with Crippen LogP contribution in [-0.2, 0) is 11.2 Å². The van der Waals surface area contributed by atoms with E-state index in [-0.39, 0.29) is 11.9 Å². The van der Waals surface area contributed by atoms with Gasteiger partial charge in [-0.05, 0) is 40.7 Å². The normalized spacial score (nSPS) is 12.3. The van der Waals surface area contributed by atoms with Gasteiger partial charge in [0.25, 0.3) is 0 Å². The van der Waals surface area contributed by atoms with E-state index in [2.05, 4.69) is 57.3 Å². The van der Waals surface area contributed by atoms with E-state index in [9.17, 15) is 4.79 Å². The van der Waals surface area contributed by atoms with E-state index < -0.39 is 0 Å². The molecule has 25 heavy (non-hydrogen) atoms. The molecule has 0 aliphatic rings. The summed E-state index contributed by atoms with van der Waals surface area (Å²) in [5.41, 5.74) is 3.42. The van der Waals surface area contributed by atoms with E-state index in [4.69, 9.17) is 4.74 Å². The number of hydrogen-bond donors (Lipinski definition) is 1. The topological polar surface area (TPSA) is 38.3 Å². The molecule has 3 heteroatoms. The van der Waals surface area contributed by atoms with Gasteiger partial charge in [0.1, 0.15) is 5.75 Å². The Labute approximate surface area is 151 Å². The second kappa shape index (κ2) is 8.70. The molecule has 0 fully saturated rings. The average molecular weight is 339 g/mol. The number of carbonyl (C=O) groups is 1. The molecule has 0 saturated heterocycles. The summed E-state index contributed by atoms with van der Waals surface area (Å²) < 4.78 is 5.22. The van der Waals surface area contributed by atoms with E-state index >= 15 is 0 Å². The maximum absolute atomic E-state index is 12.5. The van der Waals surface area contributed by atoms with Gasteiger partial charge in [0.05, 0.1) is 19.6 Å². The van der Waals surface area contributed by atoms with Crippen molar-refractivity contribution in [2.45, 2.75) is 46.1 Å². The van der Waals surface area contributed by atoms with Crippen molar-refractivity contribution in [3.05, 3.63) is 65.2 Å².